The van der Waals surface area contributed by atoms with E-state index in [1.54, 1.807) is 23.3 Å². The molecule has 6 nitrogen and oxygen atoms in total. The minimum Gasteiger partial charge on any atom is -0.463 e. The fourth-order valence-corrected chi connectivity index (χ4v) is 3.52. The molecule has 2 fully saturated rings. The summed E-state index contributed by atoms with van der Waals surface area (Å²) in [5.74, 6) is -0.185. The average Bonchev–Trinajstić information content (AvgIpc) is 3.06. The van der Waals surface area contributed by atoms with Crippen LogP contribution in [0.1, 0.15) is 36.2 Å². The van der Waals surface area contributed by atoms with Crippen molar-refractivity contribution < 1.29 is 14.0 Å². The Morgan fingerprint density at radius 2 is 2.19 bits per heavy atom. The van der Waals surface area contributed by atoms with Gasteiger partial charge >= 0.3 is 0 Å². The zero-order chi connectivity index (χ0) is 14.4. The van der Waals surface area contributed by atoms with Gasteiger partial charge in [-0.1, -0.05) is 12.8 Å². The second-order valence-corrected chi connectivity index (χ2v) is 5.84. The number of aromatic amines is 1. The van der Waals surface area contributed by atoms with Gasteiger partial charge in [-0.15, -0.1) is 0 Å². The molecule has 3 heterocycles. The Kier molecular flexibility index (Phi) is 2.77. The standard InChI is InChI=1S/C15H17N3O3/c19-14-8-18(12-4-2-1-3-9(12)17-14)15(20)11-7-13-10(16-11)5-6-21-13/h5-7,9,12,16H,1-4,8H2,(H,17,19)/t9-,12-/m1/s1. The van der Waals surface area contributed by atoms with Crippen LogP contribution < -0.4 is 5.32 Å². The minimum atomic E-state index is -0.117. The van der Waals surface area contributed by atoms with E-state index in [-0.39, 0.29) is 30.4 Å². The highest BCUT2D eigenvalue weighted by atomic mass is 16.3. The van der Waals surface area contributed by atoms with Crippen LogP contribution in [0, 0.1) is 0 Å². The summed E-state index contributed by atoms with van der Waals surface area (Å²) in [6, 6.07) is 3.71. The highest BCUT2D eigenvalue weighted by Crippen LogP contribution is 2.27. The number of furan rings is 1. The topological polar surface area (TPSA) is 78.3 Å². The van der Waals surface area contributed by atoms with E-state index < -0.39 is 0 Å². The van der Waals surface area contributed by atoms with Crippen LogP contribution in [0.4, 0.5) is 0 Å². The molecule has 0 bridgehead atoms. The maximum absolute atomic E-state index is 12.7. The number of nitrogens with zero attached hydrogens (tertiary/aromatic N) is 1. The molecule has 1 saturated heterocycles. The fraction of sp³-hybridized carbons (Fsp3) is 0.467. The zero-order valence-electron chi connectivity index (χ0n) is 11.6. The second-order valence-electron chi connectivity index (χ2n) is 5.84. The number of carbonyl (C=O) groups is 2. The number of H-pyrrole nitrogens is 1. The summed E-state index contributed by atoms with van der Waals surface area (Å²) >= 11 is 0. The van der Waals surface area contributed by atoms with Gasteiger partial charge in [-0.25, -0.2) is 0 Å². The number of aromatic nitrogens is 1. The highest BCUT2D eigenvalue weighted by Gasteiger charge is 2.39. The summed E-state index contributed by atoms with van der Waals surface area (Å²) in [7, 11) is 0. The molecule has 2 N–H and O–H groups in total. The first-order valence-corrected chi connectivity index (χ1v) is 7.39. The lowest BCUT2D eigenvalue weighted by molar-refractivity contribution is -0.127. The largest absolute Gasteiger partial charge is 0.463 e. The number of fused-ring (bicyclic) bond motifs is 2. The number of rotatable bonds is 1. The molecule has 2 amide bonds. The molecule has 2 aliphatic rings. The van der Waals surface area contributed by atoms with E-state index in [4.69, 9.17) is 4.42 Å². The van der Waals surface area contributed by atoms with Crippen molar-refractivity contribution in [3.8, 4) is 0 Å². The van der Waals surface area contributed by atoms with E-state index >= 15 is 0 Å². The molecule has 0 aromatic carbocycles. The van der Waals surface area contributed by atoms with E-state index in [0.717, 1.165) is 31.2 Å². The molecule has 0 radical (unpaired) electrons. The Hall–Kier alpha value is -2.24. The van der Waals surface area contributed by atoms with Gasteiger partial charge in [-0.3, -0.25) is 9.59 Å². The van der Waals surface area contributed by atoms with Gasteiger partial charge in [-0.2, -0.15) is 0 Å². The van der Waals surface area contributed by atoms with E-state index in [9.17, 15) is 9.59 Å². The van der Waals surface area contributed by atoms with Crippen molar-refractivity contribution in [2.45, 2.75) is 37.8 Å². The molecule has 2 aromatic heterocycles. The van der Waals surface area contributed by atoms with Gasteiger partial charge in [0.05, 0.1) is 17.8 Å². The molecule has 2 aromatic rings. The van der Waals surface area contributed by atoms with Crippen molar-refractivity contribution >= 4 is 22.9 Å². The normalized spacial score (nSPS) is 25.7. The van der Waals surface area contributed by atoms with Crippen molar-refractivity contribution in [3.63, 3.8) is 0 Å². The first-order valence-electron chi connectivity index (χ1n) is 7.39. The van der Waals surface area contributed by atoms with Crippen LogP contribution in [0.15, 0.2) is 22.8 Å². The molecular formula is C15H17N3O3. The van der Waals surface area contributed by atoms with Crippen molar-refractivity contribution in [2.24, 2.45) is 0 Å². The molecule has 110 valence electrons. The fourth-order valence-electron chi connectivity index (χ4n) is 3.52. The Morgan fingerprint density at radius 3 is 3.05 bits per heavy atom. The lowest BCUT2D eigenvalue weighted by Crippen LogP contribution is -2.62. The third-order valence-corrected chi connectivity index (χ3v) is 4.52. The van der Waals surface area contributed by atoms with E-state index in [1.165, 1.54) is 0 Å². The minimum absolute atomic E-state index is 0.0678. The Bertz CT molecular complexity index is 673. The number of hydrogen-bond donors (Lipinski definition) is 2. The van der Waals surface area contributed by atoms with Crippen molar-refractivity contribution in [1.82, 2.24) is 15.2 Å². The van der Waals surface area contributed by atoms with Crippen LogP contribution in [0.25, 0.3) is 11.1 Å². The lowest BCUT2D eigenvalue weighted by Gasteiger charge is -2.43. The van der Waals surface area contributed by atoms with Crippen LogP contribution in [-0.4, -0.2) is 40.3 Å². The first-order chi connectivity index (χ1) is 10.2. The smallest absolute Gasteiger partial charge is 0.271 e. The molecule has 21 heavy (non-hydrogen) atoms. The summed E-state index contributed by atoms with van der Waals surface area (Å²) in [6.45, 7) is 0.139. The average molecular weight is 287 g/mol. The molecule has 2 atom stereocenters. The third-order valence-electron chi connectivity index (χ3n) is 4.52. The van der Waals surface area contributed by atoms with Gasteiger partial charge in [0.2, 0.25) is 5.91 Å². The summed E-state index contributed by atoms with van der Waals surface area (Å²) in [4.78, 5) is 29.4. The van der Waals surface area contributed by atoms with E-state index in [0.29, 0.717) is 11.3 Å². The van der Waals surface area contributed by atoms with Gasteiger partial charge in [0, 0.05) is 18.2 Å². The highest BCUT2D eigenvalue weighted by molar-refractivity contribution is 5.99. The maximum Gasteiger partial charge on any atom is 0.271 e. The summed E-state index contributed by atoms with van der Waals surface area (Å²) in [5, 5.41) is 3.01. The van der Waals surface area contributed by atoms with E-state index in [2.05, 4.69) is 10.3 Å². The molecule has 6 heteroatoms. The van der Waals surface area contributed by atoms with Gasteiger partial charge < -0.3 is 19.6 Å². The zero-order valence-corrected chi connectivity index (χ0v) is 11.6. The van der Waals surface area contributed by atoms with Gasteiger partial charge in [0.1, 0.15) is 12.2 Å². The quantitative estimate of drug-likeness (QED) is 0.837. The van der Waals surface area contributed by atoms with Crippen LogP contribution in [0.5, 0.6) is 0 Å². The van der Waals surface area contributed by atoms with Gasteiger partial charge in [0.25, 0.3) is 5.91 Å². The lowest BCUT2D eigenvalue weighted by atomic mass is 9.87. The number of carbonyl (C=O) groups excluding carboxylic acids is 2. The molecule has 0 unspecified atom stereocenters. The van der Waals surface area contributed by atoms with Crippen LogP contribution in [0.3, 0.4) is 0 Å². The second kappa shape index (κ2) is 4.65. The SMILES string of the molecule is O=C1CN(C(=O)c2cc3occc3[nH]2)[C@@H]2CCCC[C@H]2N1. The predicted octanol–water partition coefficient (Wildman–Crippen LogP) is 1.64. The van der Waals surface area contributed by atoms with E-state index in [1.807, 2.05) is 0 Å². The molecule has 0 spiro atoms. The number of hydrogen-bond acceptors (Lipinski definition) is 3. The van der Waals surface area contributed by atoms with Crippen molar-refractivity contribution in [3.05, 3.63) is 24.1 Å². The Balaban J connectivity index is 1.64. The van der Waals surface area contributed by atoms with Crippen molar-refractivity contribution in [1.29, 1.82) is 0 Å². The Morgan fingerprint density at radius 1 is 1.33 bits per heavy atom. The van der Waals surface area contributed by atoms with Crippen molar-refractivity contribution in [2.75, 3.05) is 6.54 Å². The molecule has 1 aliphatic heterocycles. The van der Waals surface area contributed by atoms with Crippen LogP contribution >= 0.6 is 0 Å². The van der Waals surface area contributed by atoms with Crippen LogP contribution in [-0.2, 0) is 4.79 Å². The van der Waals surface area contributed by atoms with Gasteiger partial charge in [-0.05, 0) is 12.8 Å². The number of piperazine rings is 1. The van der Waals surface area contributed by atoms with Gasteiger partial charge in [0.15, 0.2) is 5.58 Å². The molecule has 4 rings (SSSR count). The summed E-state index contributed by atoms with van der Waals surface area (Å²) in [6.07, 6.45) is 5.70. The predicted molar refractivity (Wildman–Crippen MR) is 75.8 cm³/mol. The monoisotopic (exact) mass is 287 g/mol. The Labute approximate surface area is 121 Å². The summed E-state index contributed by atoms with van der Waals surface area (Å²) in [5.41, 5.74) is 1.96. The number of amides is 2. The number of nitrogens with one attached hydrogen (secondary N) is 2. The third kappa shape index (κ3) is 2.02. The molecule has 1 saturated carbocycles. The van der Waals surface area contributed by atoms with Crippen LogP contribution in [0.2, 0.25) is 0 Å². The maximum atomic E-state index is 12.7. The first kappa shape index (κ1) is 12.5. The molecule has 1 aliphatic carbocycles. The summed E-state index contributed by atoms with van der Waals surface area (Å²) < 4.78 is 5.28. The molecular weight excluding hydrogens is 270 g/mol.